The number of aliphatic hydroxyl groups is 1. The van der Waals surface area contributed by atoms with Crippen LogP contribution in [0.4, 0.5) is 0 Å². The predicted molar refractivity (Wildman–Crippen MR) is 99.6 cm³/mol. The van der Waals surface area contributed by atoms with E-state index >= 15 is 0 Å². The molecule has 2 aliphatic heterocycles. The standard InChI is InChI=1S/C20H32N4O2/c1-2-18-21-7-10-23(18)12-11-22-8-5-20(6-9-22)13-17(25)15-24(19(20)26)14-16-3-4-16/h7,10,16-17,25H,2-6,8-9,11-15H2,1H3. The van der Waals surface area contributed by atoms with Gasteiger partial charge >= 0.3 is 0 Å². The number of likely N-dealkylation sites (tertiary alicyclic amines) is 2. The molecule has 3 heterocycles. The van der Waals surface area contributed by atoms with Crippen molar-refractivity contribution in [1.29, 1.82) is 0 Å². The SMILES string of the molecule is CCc1nccn1CCN1CCC2(CC1)CC(O)CN(CC1CC1)C2=O. The van der Waals surface area contributed by atoms with Crippen LogP contribution in [0, 0.1) is 11.3 Å². The first-order valence-corrected chi connectivity index (χ1v) is 10.3. The largest absolute Gasteiger partial charge is 0.391 e. The van der Waals surface area contributed by atoms with E-state index < -0.39 is 0 Å². The second-order valence-electron chi connectivity index (χ2n) is 8.52. The van der Waals surface area contributed by atoms with E-state index in [-0.39, 0.29) is 11.5 Å². The third-order valence-electron chi connectivity index (χ3n) is 6.56. The van der Waals surface area contributed by atoms with Gasteiger partial charge in [-0.1, -0.05) is 6.92 Å². The summed E-state index contributed by atoms with van der Waals surface area (Å²) in [5.74, 6) is 2.14. The van der Waals surface area contributed by atoms with Gasteiger partial charge in [-0.15, -0.1) is 0 Å². The molecule has 1 aromatic rings. The van der Waals surface area contributed by atoms with Crippen LogP contribution < -0.4 is 0 Å². The summed E-state index contributed by atoms with van der Waals surface area (Å²) in [6, 6.07) is 0. The number of carbonyl (C=O) groups is 1. The number of aromatic nitrogens is 2. The molecule has 3 aliphatic rings. The molecular formula is C20H32N4O2. The van der Waals surface area contributed by atoms with Gasteiger partial charge in [0.2, 0.25) is 5.91 Å². The quantitative estimate of drug-likeness (QED) is 0.836. The van der Waals surface area contributed by atoms with Crippen molar-refractivity contribution in [1.82, 2.24) is 19.4 Å². The highest BCUT2D eigenvalue weighted by molar-refractivity contribution is 5.84. The molecule has 1 aliphatic carbocycles. The maximum atomic E-state index is 13.1. The molecule has 6 nitrogen and oxygen atoms in total. The Kier molecular flexibility index (Phi) is 5.06. The lowest BCUT2D eigenvalue weighted by Crippen LogP contribution is -2.58. The van der Waals surface area contributed by atoms with Crippen molar-refractivity contribution >= 4 is 5.91 Å². The fraction of sp³-hybridized carbons (Fsp3) is 0.800. The summed E-state index contributed by atoms with van der Waals surface area (Å²) in [6.45, 7) is 7.40. The van der Waals surface area contributed by atoms with Crippen LogP contribution in [-0.4, -0.2) is 69.2 Å². The summed E-state index contributed by atoms with van der Waals surface area (Å²) < 4.78 is 2.23. The van der Waals surface area contributed by atoms with Gasteiger partial charge in [0.15, 0.2) is 0 Å². The van der Waals surface area contributed by atoms with Gasteiger partial charge < -0.3 is 19.5 Å². The van der Waals surface area contributed by atoms with Crippen LogP contribution in [0.1, 0.15) is 44.9 Å². The van der Waals surface area contributed by atoms with E-state index in [4.69, 9.17) is 0 Å². The molecule has 1 atom stereocenters. The number of nitrogens with zero attached hydrogens (tertiary/aromatic N) is 4. The maximum absolute atomic E-state index is 13.1. The van der Waals surface area contributed by atoms with E-state index in [2.05, 4.69) is 27.6 Å². The van der Waals surface area contributed by atoms with E-state index in [9.17, 15) is 9.90 Å². The minimum atomic E-state index is -0.351. The number of hydrogen-bond donors (Lipinski definition) is 1. The number of aliphatic hydroxyl groups excluding tert-OH is 1. The number of imidazole rings is 1. The Bertz CT molecular complexity index is 630. The minimum Gasteiger partial charge on any atom is -0.391 e. The van der Waals surface area contributed by atoms with Crippen molar-refractivity contribution in [3.05, 3.63) is 18.2 Å². The first-order chi connectivity index (χ1) is 12.6. The van der Waals surface area contributed by atoms with Crippen molar-refractivity contribution < 1.29 is 9.90 Å². The number of amides is 1. The number of aryl methyl sites for hydroxylation is 1. The molecule has 0 bridgehead atoms. The minimum absolute atomic E-state index is 0.313. The molecule has 1 N–H and O–H groups in total. The fourth-order valence-corrected chi connectivity index (χ4v) is 4.77. The van der Waals surface area contributed by atoms with Gasteiger partial charge in [-0.2, -0.15) is 0 Å². The van der Waals surface area contributed by atoms with Crippen LogP contribution in [0.15, 0.2) is 12.4 Å². The van der Waals surface area contributed by atoms with Crippen LogP contribution in [0.3, 0.4) is 0 Å². The Morgan fingerprint density at radius 3 is 2.73 bits per heavy atom. The molecule has 26 heavy (non-hydrogen) atoms. The molecular weight excluding hydrogens is 328 g/mol. The summed E-state index contributed by atoms with van der Waals surface area (Å²) >= 11 is 0. The molecule has 1 saturated carbocycles. The summed E-state index contributed by atoms with van der Waals surface area (Å²) in [5, 5.41) is 10.4. The van der Waals surface area contributed by atoms with Crippen molar-refractivity contribution in [2.45, 2.75) is 58.1 Å². The molecule has 1 unspecified atom stereocenters. The lowest BCUT2D eigenvalue weighted by atomic mass is 9.71. The van der Waals surface area contributed by atoms with Gasteiger partial charge in [0, 0.05) is 45.0 Å². The van der Waals surface area contributed by atoms with Crippen LogP contribution in [-0.2, 0) is 17.8 Å². The van der Waals surface area contributed by atoms with Crippen LogP contribution in [0.25, 0.3) is 0 Å². The Hall–Kier alpha value is -1.40. The summed E-state index contributed by atoms with van der Waals surface area (Å²) in [6.07, 6.45) is 9.45. The number of piperidine rings is 2. The van der Waals surface area contributed by atoms with E-state index in [1.54, 1.807) is 0 Å². The van der Waals surface area contributed by atoms with Crippen LogP contribution in [0.5, 0.6) is 0 Å². The first kappa shape index (κ1) is 18.0. The zero-order valence-corrected chi connectivity index (χ0v) is 15.9. The Morgan fingerprint density at radius 2 is 2.04 bits per heavy atom. The van der Waals surface area contributed by atoms with Gasteiger partial charge in [0.05, 0.1) is 11.5 Å². The molecule has 1 amide bonds. The van der Waals surface area contributed by atoms with Crippen molar-refractivity contribution in [3.63, 3.8) is 0 Å². The summed E-state index contributed by atoms with van der Waals surface area (Å²) in [4.78, 5) is 22.0. The molecule has 0 radical (unpaired) electrons. The molecule has 1 aromatic heterocycles. The second-order valence-corrected chi connectivity index (χ2v) is 8.52. The normalized spacial score (nSPS) is 26.6. The zero-order valence-electron chi connectivity index (χ0n) is 15.9. The Morgan fingerprint density at radius 1 is 1.27 bits per heavy atom. The van der Waals surface area contributed by atoms with Gasteiger partial charge in [-0.25, -0.2) is 4.98 Å². The maximum Gasteiger partial charge on any atom is 0.229 e. The highest BCUT2D eigenvalue weighted by Gasteiger charge is 2.48. The van der Waals surface area contributed by atoms with Gasteiger partial charge in [-0.05, 0) is 51.1 Å². The average molecular weight is 361 g/mol. The van der Waals surface area contributed by atoms with Crippen LogP contribution >= 0.6 is 0 Å². The molecule has 144 valence electrons. The molecule has 4 rings (SSSR count). The second kappa shape index (κ2) is 7.31. The summed E-state index contributed by atoms with van der Waals surface area (Å²) in [7, 11) is 0. The first-order valence-electron chi connectivity index (χ1n) is 10.3. The van der Waals surface area contributed by atoms with Crippen molar-refractivity contribution in [3.8, 4) is 0 Å². The van der Waals surface area contributed by atoms with E-state index in [0.29, 0.717) is 24.8 Å². The van der Waals surface area contributed by atoms with Gasteiger partial charge in [0.25, 0.3) is 0 Å². The lowest BCUT2D eigenvalue weighted by Gasteiger charge is -2.48. The smallest absolute Gasteiger partial charge is 0.229 e. The molecule has 2 saturated heterocycles. The van der Waals surface area contributed by atoms with Crippen molar-refractivity contribution in [2.75, 3.05) is 32.7 Å². The molecule has 6 heteroatoms. The number of rotatable bonds is 6. The monoisotopic (exact) mass is 360 g/mol. The molecule has 3 fully saturated rings. The highest BCUT2D eigenvalue weighted by Crippen LogP contribution is 2.42. The Balaban J connectivity index is 1.33. The molecule has 0 aromatic carbocycles. The van der Waals surface area contributed by atoms with Crippen LogP contribution in [0.2, 0.25) is 0 Å². The fourth-order valence-electron chi connectivity index (χ4n) is 4.77. The van der Waals surface area contributed by atoms with Gasteiger partial charge in [0.1, 0.15) is 5.82 Å². The highest BCUT2D eigenvalue weighted by atomic mass is 16.3. The van der Waals surface area contributed by atoms with E-state index in [1.165, 1.54) is 12.8 Å². The van der Waals surface area contributed by atoms with Gasteiger partial charge in [-0.3, -0.25) is 4.79 Å². The van der Waals surface area contributed by atoms with E-state index in [1.807, 2.05) is 11.1 Å². The number of carbonyl (C=O) groups excluding carboxylic acids is 1. The predicted octanol–water partition coefficient (Wildman–Crippen LogP) is 1.53. The van der Waals surface area contributed by atoms with Crippen molar-refractivity contribution in [2.24, 2.45) is 11.3 Å². The lowest BCUT2D eigenvalue weighted by molar-refractivity contribution is -0.156. The third-order valence-corrected chi connectivity index (χ3v) is 6.56. The third kappa shape index (κ3) is 3.67. The number of β-amino-alcohol motifs (C(OH)–C–C–N with tert-alkyl or cyclic N) is 1. The topological polar surface area (TPSA) is 61.6 Å². The number of hydrogen-bond acceptors (Lipinski definition) is 4. The Labute approximate surface area is 156 Å². The summed E-state index contributed by atoms with van der Waals surface area (Å²) in [5.41, 5.74) is -0.313. The molecule has 1 spiro atoms. The average Bonchev–Trinajstić information content (AvgIpc) is 3.33. The van der Waals surface area contributed by atoms with E-state index in [0.717, 1.165) is 57.8 Å². The zero-order chi connectivity index (χ0) is 18.1.